The van der Waals surface area contributed by atoms with E-state index < -0.39 is 9.84 Å². The Bertz CT molecular complexity index is 930. The molecule has 0 bridgehead atoms. The Balaban J connectivity index is 2.25. The Kier molecular flexibility index (Phi) is 6.25. The molecule has 2 aromatic carbocycles. The summed E-state index contributed by atoms with van der Waals surface area (Å²) in [6.07, 6.45) is 3.72. The number of sulfone groups is 1. The predicted octanol–water partition coefficient (Wildman–Crippen LogP) is 5.86. The second-order valence-electron chi connectivity index (χ2n) is 7.59. The minimum Gasteiger partial charge on any atom is -0.495 e. The molecule has 2 aromatic rings. The van der Waals surface area contributed by atoms with Crippen LogP contribution >= 0.6 is 11.6 Å². The lowest BCUT2D eigenvalue weighted by molar-refractivity contribution is 0.290. The molecule has 28 heavy (non-hydrogen) atoms. The summed E-state index contributed by atoms with van der Waals surface area (Å²) in [5.41, 5.74) is 1.28. The van der Waals surface area contributed by atoms with Gasteiger partial charge in [-0.25, -0.2) is 8.42 Å². The highest BCUT2D eigenvalue weighted by atomic mass is 35.5. The first kappa shape index (κ1) is 21.0. The van der Waals surface area contributed by atoms with Gasteiger partial charge >= 0.3 is 0 Å². The first-order valence-corrected chi connectivity index (χ1v) is 11.8. The Morgan fingerprint density at radius 3 is 2.50 bits per heavy atom. The molecule has 0 radical (unpaired) electrons. The standard InChI is InChI=1S/C22H28ClNO3S/c1-4-6-12-22(5-2)15-24(17-10-8-7-9-11-17)19-13-18(23)20(27-3)14-21(19)28(25,26)16-22/h7-11,13-14H,4-6,12,15-16H2,1-3H3. The van der Waals surface area contributed by atoms with E-state index in [4.69, 9.17) is 16.3 Å². The van der Waals surface area contributed by atoms with E-state index >= 15 is 0 Å². The van der Waals surface area contributed by atoms with Gasteiger partial charge in [0.25, 0.3) is 0 Å². The van der Waals surface area contributed by atoms with Crippen molar-refractivity contribution in [3.63, 3.8) is 0 Å². The molecular formula is C22H28ClNO3S. The number of hydrogen-bond acceptors (Lipinski definition) is 4. The van der Waals surface area contributed by atoms with Gasteiger partial charge in [0.15, 0.2) is 9.84 Å². The number of nitrogens with zero attached hydrogens (tertiary/aromatic N) is 1. The molecule has 152 valence electrons. The van der Waals surface area contributed by atoms with Crippen molar-refractivity contribution >= 4 is 32.8 Å². The van der Waals surface area contributed by atoms with E-state index in [-0.39, 0.29) is 11.2 Å². The normalized spacial score (nSPS) is 21.1. The van der Waals surface area contributed by atoms with Gasteiger partial charge in [0.05, 0.1) is 28.5 Å². The van der Waals surface area contributed by atoms with Gasteiger partial charge in [-0.3, -0.25) is 0 Å². The van der Waals surface area contributed by atoms with Crippen molar-refractivity contribution < 1.29 is 13.2 Å². The zero-order chi connectivity index (χ0) is 20.4. The lowest BCUT2D eigenvalue weighted by Gasteiger charge is -2.36. The molecule has 4 nitrogen and oxygen atoms in total. The van der Waals surface area contributed by atoms with E-state index in [1.807, 2.05) is 30.3 Å². The monoisotopic (exact) mass is 421 g/mol. The van der Waals surface area contributed by atoms with E-state index in [9.17, 15) is 8.42 Å². The van der Waals surface area contributed by atoms with E-state index in [1.165, 1.54) is 7.11 Å². The van der Waals surface area contributed by atoms with Gasteiger partial charge in [-0.15, -0.1) is 0 Å². The second-order valence-corrected chi connectivity index (χ2v) is 9.96. The largest absolute Gasteiger partial charge is 0.495 e. The average Bonchev–Trinajstić information content (AvgIpc) is 2.79. The summed E-state index contributed by atoms with van der Waals surface area (Å²) in [5.74, 6) is 0.520. The number of ether oxygens (including phenoxy) is 1. The zero-order valence-corrected chi connectivity index (χ0v) is 18.3. The number of rotatable bonds is 6. The van der Waals surface area contributed by atoms with Gasteiger partial charge < -0.3 is 9.64 Å². The lowest BCUT2D eigenvalue weighted by Crippen LogP contribution is -2.37. The Hall–Kier alpha value is -1.72. The van der Waals surface area contributed by atoms with Crippen LogP contribution in [0, 0.1) is 5.41 Å². The number of anilines is 2. The van der Waals surface area contributed by atoms with Gasteiger partial charge in [-0.2, -0.15) is 0 Å². The summed E-state index contributed by atoms with van der Waals surface area (Å²) in [7, 11) is -2.00. The topological polar surface area (TPSA) is 46.6 Å². The van der Waals surface area contributed by atoms with Crippen LogP contribution in [0.3, 0.4) is 0 Å². The fraction of sp³-hybridized carbons (Fsp3) is 0.455. The molecule has 1 aliphatic heterocycles. The van der Waals surface area contributed by atoms with Crippen LogP contribution in [0.1, 0.15) is 39.5 Å². The van der Waals surface area contributed by atoms with E-state index in [1.54, 1.807) is 12.1 Å². The predicted molar refractivity (Wildman–Crippen MR) is 116 cm³/mol. The molecule has 0 fully saturated rings. The van der Waals surface area contributed by atoms with Crippen LogP contribution in [0.15, 0.2) is 47.4 Å². The fourth-order valence-corrected chi connectivity index (χ4v) is 6.43. The molecule has 0 spiro atoms. The summed E-state index contributed by atoms with van der Waals surface area (Å²) in [6, 6.07) is 13.2. The summed E-state index contributed by atoms with van der Waals surface area (Å²) in [5, 5.41) is 0.412. The van der Waals surface area contributed by atoms with Crippen LogP contribution in [-0.4, -0.2) is 27.8 Å². The third-order valence-electron chi connectivity index (χ3n) is 5.73. The molecule has 1 unspecified atom stereocenters. The molecule has 0 N–H and O–H groups in total. The highest BCUT2D eigenvalue weighted by molar-refractivity contribution is 7.91. The summed E-state index contributed by atoms with van der Waals surface area (Å²) >= 11 is 6.40. The maximum absolute atomic E-state index is 13.5. The van der Waals surface area contributed by atoms with Gasteiger partial charge in [0, 0.05) is 23.7 Å². The van der Waals surface area contributed by atoms with Crippen molar-refractivity contribution in [1.29, 1.82) is 0 Å². The van der Waals surface area contributed by atoms with Crippen molar-refractivity contribution in [3.05, 3.63) is 47.5 Å². The van der Waals surface area contributed by atoms with Crippen LogP contribution in [0.4, 0.5) is 11.4 Å². The molecular weight excluding hydrogens is 394 g/mol. The molecule has 6 heteroatoms. The number of hydrogen-bond donors (Lipinski definition) is 0. The summed E-state index contributed by atoms with van der Waals surface area (Å²) in [6.45, 7) is 4.88. The van der Waals surface area contributed by atoms with E-state index in [2.05, 4.69) is 18.7 Å². The lowest BCUT2D eigenvalue weighted by atomic mass is 9.81. The third-order valence-corrected chi connectivity index (χ3v) is 8.01. The fourth-order valence-electron chi connectivity index (χ4n) is 4.02. The van der Waals surface area contributed by atoms with Gasteiger partial charge in [0.2, 0.25) is 0 Å². The Morgan fingerprint density at radius 1 is 1.18 bits per heavy atom. The van der Waals surface area contributed by atoms with Crippen molar-refractivity contribution in [2.24, 2.45) is 5.41 Å². The molecule has 3 rings (SSSR count). The average molecular weight is 422 g/mol. The highest BCUT2D eigenvalue weighted by Gasteiger charge is 2.41. The van der Waals surface area contributed by atoms with Crippen LogP contribution in [-0.2, 0) is 9.84 Å². The smallest absolute Gasteiger partial charge is 0.181 e. The first-order chi connectivity index (χ1) is 13.4. The van der Waals surface area contributed by atoms with Crippen molar-refractivity contribution in [2.75, 3.05) is 24.3 Å². The Labute approximate surface area is 173 Å². The van der Waals surface area contributed by atoms with Crippen molar-refractivity contribution in [3.8, 4) is 5.75 Å². The number of halogens is 1. The van der Waals surface area contributed by atoms with E-state index in [0.29, 0.717) is 27.9 Å². The SMILES string of the molecule is CCCCC1(CC)CN(c2ccccc2)c2cc(Cl)c(OC)cc2S(=O)(=O)C1. The number of para-hydroxylation sites is 1. The summed E-state index contributed by atoms with van der Waals surface area (Å²) in [4.78, 5) is 2.41. The molecule has 0 aliphatic carbocycles. The minimum atomic E-state index is -3.50. The molecule has 1 heterocycles. The molecule has 1 aliphatic rings. The quantitative estimate of drug-likeness (QED) is 0.585. The first-order valence-electron chi connectivity index (χ1n) is 9.78. The van der Waals surface area contributed by atoms with Crippen LogP contribution < -0.4 is 9.64 Å². The number of methoxy groups -OCH3 is 1. The van der Waals surface area contributed by atoms with Crippen LogP contribution in [0.25, 0.3) is 0 Å². The van der Waals surface area contributed by atoms with Gasteiger partial charge in [-0.1, -0.05) is 56.5 Å². The summed E-state index contributed by atoms with van der Waals surface area (Å²) < 4.78 is 32.2. The molecule has 1 atom stereocenters. The number of benzene rings is 2. The van der Waals surface area contributed by atoms with Gasteiger partial charge in [0.1, 0.15) is 5.75 Å². The van der Waals surface area contributed by atoms with Crippen molar-refractivity contribution in [2.45, 2.75) is 44.4 Å². The molecule has 0 saturated heterocycles. The molecule has 0 amide bonds. The Morgan fingerprint density at radius 2 is 1.89 bits per heavy atom. The third kappa shape index (κ3) is 4.01. The second kappa shape index (κ2) is 8.34. The van der Waals surface area contributed by atoms with Crippen LogP contribution in [0.2, 0.25) is 5.02 Å². The molecule has 0 aromatic heterocycles. The highest BCUT2D eigenvalue weighted by Crippen LogP contribution is 2.46. The van der Waals surface area contributed by atoms with Crippen LogP contribution in [0.5, 0.6) is 5.75 Å². The maximum atomic E-state index is 13.5. The molecule has 0 saturated carbocycles. The number of unbranched alkanes of at least 4 members (excludes halogenated alkanes) is 1. The minimum absolute atomic E-state index is 0.137. The van der Waals surface area contributed by atoms with E-state index in [0.717, 1.165) is 31.4 Å². The zero-order valence-electron chi connectivity index (χ0n) is 16.7. The van der Waals surface area contributed by atoms with Crippen molar-refractivity contribution in [1.82, 2.24) is 0 Å². The maximum Gasteiger partial charge on any atom is 0.181 e. The number of fused-ring (bicyclic) bond motifs is 1. The van der Waals surface area contributed by atoms with Gasteiger partial charge in [-0.05, 0) is 31.0 Å².